The summed E-state index contributed by atoms with van der Waals surface area (Å²) in [4.78, 5) is 0.364. The van der Waals surface area contributed by atoms with Crippen molar-refractivity contribution in [2.45, 2.75) is 32.2 Å². The van der Waals surface area contributed by atoms with Crippen LogP contribution in [0.15, 0.2) is 12.3 Å². The number of anilines is 1. The Morgan fingerprint density at radius 1 is 1.56 bits per heavy atom. The molecule has 2 unspecified atom stereocenters. The van der Waals surface area contributed by atoms with Gasteiger partial charge in [0.1, 0.15) is 4.99 Å². The number of rotatable bonds is 3. The first-order valence-electron chi connectivity index (χ1n) is 5.56. The van der Waals surface area contributed by atoms with E-state index in [-0.39, 0.29) is 0 Å². The lowest BCUT2D eigenvalue weighted by atomic mass is 10.1. The molecule has 4 nitrogen and oxygen atoms in total. The lowest BCUT2D eigenvalue weighted by Crippen LogP contribution is -2.25. The van der Waals surface area contributed by atoms with Crippen LogP contribution >= 0.6 is 12.2 Å². The Kier molecular flexibility index (Phi) is 3.33. The van der Waals surface area contributed by atoms with E-state index in [1.165, 1.54) is 19.3 Å². The molecule has 0 spiro atoms. The maximum atomic E-state index is 5.65. The summed E-state index contributed by atoms with van der Waals surface area (Å²) in [5, 5.41) is 11.3. The molecule has 0 radical (unpaired) electrons. The summed E-state index contributed by atoms with van der Waals surface area (Å²) in [6, 6.07) is 2.27. The van der Waals surface area contributed by atoms with E-state index >= 15 is 0 Å². The van der Waals surface area contributed by atoms with Crippen LogP contribution in [-0.4, -0.2) is 21.2 Å². The van der Waals surface area contributed by atoms with E-state index in [1.807, 2.05) is 0 Å². The molecule has 1 heterocycles. The van der Waals surface area contributed by atoms with E-state index in [9.17, 15) is 0 Å². The number of thiocarbonyl (C=S) groups is 1. The Hall–Kier alpha value is -1.23. The summed E-state index contributed by atoms with van der Waals surface area (Å²) in [6.45, 7) is 2.25. The third-order valence-electron chi connectivity index (χ3n) is 3.17. The van der Waals surface area contributed by atoms with Gasteiger partial charge in [-0.05, 0) is 24.8 Å². The number of nitrogens with zero attached hydrogens (tertiary/aromatic N) is 2. The van der Waals surface area contributed by atoms with Crippen LogP contribution in [0.4, 0.5) is 5.82 Å². The zero-order valence-corrected chi connectivity index (χ0v) is 10.1. The molecule has 0 aromatic carbocycles. The van der Waals surface area contributed by atoms with Crippen LogP contribution < -0.4 is 11.1 Å². The van der Waals surface area contributed by atoms with E-state index in [2.05, 4.69) is 22.4 Å². The number of nitrogens with two attached hydrogens (primary N) is 1. The first-order valence-corrected chi connectivity index (χ1v) is 5.97. The van der Waals surface area contributed by atoms with Crippen LogP contribution in [0.25, 0.3) is 0 Å². The lowest BCUT2D eigenvalue weighted by Gasteiger charge is -2.18. The Morgan fingerprint density at radius 3 is 3.00 bits per heavy atom. The molecule has 1 fully saturated rings. The van der Waals surface area contributed by atoms with Gasteiger partial charge in [-0.3, -0.25) is 0 Å². The predicted molar refractivity (Wildman–Crippen MR) is 68.3 cm³/mol. The van der Waals surface area contributed by atoms with Crippen LogP contribution in [0.1, 0.15) is 31.7 Å². The van der Waals surface area contributed by atoms with Crippen molar-refractivity contribution in [3.8, 4) is 0 Å². The quantitative estimate of drug-likeness (QED) is 0.782. The number of hydrogen-bond donors (Lipinski definition) is 2. The summed E-state index contributed by atoms with van der Waals surface area (Å²) in [5.41, 5.74) is 6.43. The molecule has 1 aliphatic rings. The van der Waals surface area contributed by atoms with Gasteiger partial charge in [0, 0.05) is 6.04 Å². The van der Waals surface area contributed by atoms with Gasteiger partial charge >= 0.3 is 0 Å². The van der Waals surface area contributed by atoms with Crippen molar-refractivity contribution in [1.29, 1.82) is 0 Å². The van der Waals surface area contributed by atoms with Gasteiger partial charge in [-0.15, -0.1) is 5.10 Å². The van der Waals surface area contributed by atoms with Crippen molar-refractivity contribution in [3.63, 3.8) is 0 Å². The van der Waals surface area contributed by atoms with Crippen molar-refractivity contribution in [1.82, 2.24) is 10.2 Å². The minimum absolute atomic E-state index is 0.364. The molecule has 0 aliphatic heterocycles. The first-order chi connectivity index (χ1) is 7.68. The van der Waals surface area contributed by atoms with Gasteiger partial charge in [0.25, 0.3) is 0 Å². The molecule has 1 aromatic rings. The van der Waals surface area contributed by atoms with Gasteiger partial charge in [0.2, 0.25) is 0 Å². The molecular formula is C11H16N4S. The maximum absolute atomic E-state index is 5.65. The normalized spacial score (nSPS) is 24.3. The van der Waals surface area contributed by atoms with Gasteiger partial charge in [0.05, 0.1) is 11.8 Å². The van der Waals surface area contributed by atoms with Gasteiger partial charge in [-0.25, -0.2) is 0 Å². The fourth-order valence-electron chi connectivity index (χ4n) is 2.17. The van der Waals surface area contributed by atoms with Gasteiger partial charge in [0.15, 0.2) is 5.82 Å². The zero-order valence-electron chi connectivity index (χ0n) is 9.31. The Bertz CT molecular complexity index is 393. The molecule has 86 valence electrons. The molecule has 0 saturated heterocycles. The molecule has 1 saturated carbocycles. The molecule has 0 amide bonds. The maximum Gasteiger partial charge on any atom is 0.159 e. The summed E-state index contributed by atoms with van der Waals surface area (Å²) < 4.78 is 0. The molecule has 5 heteroatoms. The van der Waals surface area contributed by atoms with Crippen LogP contribution in [0, 0.1) is 5.92 Å². The highest BCUT2D eigenvalue weighted by Gasteiger charge is 2.24. The number of nitrogens with one attached hydrogen (secondary N) is 1. The summed E-state index contributed by atoms with van der Waals surface area (Å²) in [5.74, 6) is 1.38. The van der Waals surface area contributed by atoms with Crippen molar-refractivity contribution < 1.29 is 0 Å². The van der Waals surface area contributed by atoms with E-state index in [0.717, 1.165) is 5.56 Å². The fourth-order valence-corrected chi connectivity index (χ4v) is 2.34. The van der Waals surface area contributed by atoms with Crippen LogP contribution in [0.3, 0.4) is 0 Å². The summed E-state index contributed by atoms with van der Waals surface area (Å²) in [6.07, 6.45) is 5.31. The van der Waals surface area contributed by atoms with Gasteiger partial charge in [-0.1, -0.05) is 25.6 Å². The molecule has 2 atom stereocenters. The Morgan fingerprint density at radius 2 is 2.38 bits per heavy atom. The average Bonchev–Trinajstić information content (AvgIpc) is 2.65. The second-order valence-corrected chi connectivity index (χ2v) is 4.76. The third-order valence-corrected chi connectivity index (χ3v) is 3.39. The van der Waals surface area contributed by atoms with Gasteiger partial charge in [-0.2, -0.15) is 5.10 Å². The van der Waals surface area contributed by atoms with E-state index < -0.39 is 0 Å². The highest BCUT2D eigenvalue weighted by atomic mass is 32.1. The molecule has 2 rings (SSSR count). The topological polar surface area (TPSA) is 63.8 Å². The largest absolute Gasteiger partial charge is 0.389 e. The second kappa shape index (κ2) is 4.74. The predicted octanol–water partition coefficient (Wildman–Crippen LogP) is 1.71. The highest BCUT2D eigenvalue weighted by molar-refractivity contribution is 7.80. The summed E-state index contributed by atoms with van der Waals surface area (Å²) in [7, 11) is 0. The molecule has 0 bridgehead atoms. The van der Waals surface area contributed by atoms with E-state index in [0.29, 0.717) is 22.8 Å². The van der Waals surface area contributed by atoms with Crippen molar-refractivity contribution in [2.75, 3.05) is 5.32 Å². The smallest absolute Gasteiger partial charge is 0.159 e. The van der Waals surface area contributed by atoms with Crippen molar-refractivity contribution >= 4 is 23.0 Å². The summed E-state index contributed by atoms with van der Waals surface area (Å²) >= 11 is 4.99. The molecule has 1 aliphatic carbocycles. The second-order valence-electron chi connectivity index (χ2n) is 4.32. The highest BCUT2D eigenvalue weighted by Crippen LogP contribution is 2.28. The van der Waals surface area contributed by atoms with E-state index in [4.69, 9.17) is 18.0 Å². The lowest BCUT2D eigenvalue weighted by molar-refractivity contribution is 0.554. The Labute approximate surface area is 101 Å². The molecule has 16 heavy (non-hydrogen) atoms. The number of hydrogen-bond acceptors (Lipinski definition) is 4. The Balaban J connectivity index is 2.17. The van der Waals surface area contributed by atoms with Crippen molar-refractivity contribution in [3.05, 3.63) is 17.8 Å². The zero-order chi connectivity index (χ0) is 11.5. The van der Waals surface area contributed by atoms with Crippen LogP contribution in [0.5, 0.6) is 0 Å². The number of aromatic nitrogens is 2. The monoisotopic (exact) mass is 236 g/mol. The molecule has 3 N–H and O–H groups in total. The minimum atomic E-state index is 0.364. The average molecular weight is 236 g/mol. The fraction of sp³-hybridized carbons (Fsp3) is 0.545. The molecule has 1 aromatic heterocycles. The third kappa shape index (κ3) is 2.29. The van der Waals surface area contributed by atoms with Crippen LogP contribution in [-0.2, 0) is 0 Å². The SMILES string of the molecule is CC1CCCC1Nc1nnccc1C(N)=S. The minimum Gasteiger partial charge on any atom is -0.389 e. The standard InChI is InChI=1S/C11H16N4S/c1-7-3-2-4-9(7)14-11-8(10(12)16)5-6-13-15-11/h5-7,9H,2-4H2,1H3,(H2,12,16)(H,14,15). The van der Waals surface area contributed by atoms with E-state index in [1.54, 1.807) is 12.3 Å². The van der Waals surface area contributed by atoms with Crippen LogP contribution in [0.2, 0.25) is 0 Å². The van der Waals surface area contributed by atoms with Crippen molar-refractivity contribution in [2.24, 2.45) is 11.7 Å². The molecular weight excluding hydrogens is 220 g/mol. The first kappa shape index (κ1) is 11.3. The van der Waals surface area contributed by atoms with Gasteiger partial charge < -0.3 is 11.1 Å².